The van der Waals surface area contributed by atoms with E-state index in [0.29, 0.717) is 12.8 Å². The van der Waals surface area contributed by atoms with E-state index < -0.39 is 6.10 Å². The zero-order valence-electron chi connectivity index (χ0n) is 53.5. The molecule has 466 valence electrons. The molecule has 1 N–H and O–H groups in total. The summed E-state index contributed by atoms with van der Waals surface area (Å²) in [6.45, 7) is 4.06. The maximum atomic E-state index is 12.4. The van der Waals surface area contributed by atoms with Crippen molar-refractivity contribution in [2.45, 2.75) is 347 Å². The van der Waals surface area contributed by atoms with Crippen molar-refractivity contribution in [1.82, 2.24) is 0 Å². The number of unbranched alkanes of at least 4 members (excludes halogenated alkanes) is 38. The second kappa shape index (κ2) is 70.8. The molecule has 5 heteroatoms. The highest BCUT2D eigenvalue weighted by molar-refractivity contribution is 5.70. The lowest BCUT2D eigenvalue weighted by Crippen LogP contribution is -2.28. The molecule has 0 heterocycles. The molecule has 0 aliphatic rings. The summed E-state index contributed by atoms with van der Waals surface area (Å²) in [5.41, 5.74) is 0. The van der Waals surface area contributed by atoms with Gasteiger partial charge >= 0.3 is 11.9 Å². The second-order valence-corrected chi connectivity index (χ2v) is 23.2. The first-order chi connectivity index (χ1) is 40.1. The molecule has 0 amide bonds. The largest absolute Gasteiger partial charge is 0.462 e. The molecule has 0 aromatic rings. The fourth-order valence-corrected chi connectivity index (χ4v) is 10.1. The minimum absolute atomic E-state index is 0.0672. The number of carbonyl (C=O) groups is 2. The number of aliphatic hydroxyl groups is 1. The predicted molar refractivity (Wildman–Crippen MR) is 357 cm³/mol. The molecule has 0 saturated carbocycles. The molecular formula is C76H132O5. The Balaban J connectivity index is 3.50. The van der Waals surface area contributed by atoms with Gasteiger partial charge in [-0.1, -0.05) is 354 Å². The molecule has 0 bridgehead atoms. The van der Waals surface area contributed by atoms with Gasteiger partial charge in [-0.05, 0) is 83.5 Å². The lowest BCUT2D eigenvalue weighted by Gasteiger charge is -2.15. The third kappa shape index (κ3) is 69.0. The summed E-state index contributed by atoms with van der Waals surface area (Å²) >= 11 is 0. The second-order valence-electron chi connectivity index (χ2n) is 23.2. The number of esters is 2. The Labute approximate surface area is 503 Å². The van der Waals surface area contributed by atoms with Gasteiger partial charge in [0, 0.05) is 12.8 Å². The normalized spacial score (nSPS) is 12.9. The molecule has 5 nitrogen and oxygen atoms in total. The highest BCUT2D eigenvalue weighted by Crippen LogP contribution is 2.18. The third-order valence-electron chi connectivity index (χ3n) is 15.3. The van der Waals surface area contributed by atoms with Gasteiger partial charge in [0.05, 0.1) is 6.61 Å². The molecule has 0 spiro atoms. The van der Waals surface area contributed by atoms with Gasteiger partial charge in [-0.2, -0.15) is 0 Å². The number of ether oxygens (including phenoxy) is 2. The van der Waals surface area contributed by atoms with E-state index in [-0.39, 0.29) is 25.2 Å². The van der Waals surface area contributed by atoms with Crippen LogP contribution in [0.2, 0.25) is 0 Å². The molecule has 0 aliphatic carbocycles. The summed E-state index contributed by atoms with van der Waals surface area (Å²) in [6.07, 6.45) is 103. The van der Waals surface area contributed by atoms with Gasteiger partial charge in [0.15, 0.2) is 6.10 Å². The smallest absolute Gasteiger partial charge is 0.306 e. The molecule has 1 atom stereocenters. The minimum atomic E-state index is -0.779. The predicted octanol–water partition coefficient (Wildman–Crippen LogP) is 24.4. The number of hydrogen-bond acceptors (Lipinski definition) is 5. The fourth-order valence-electron chi connectivity index (χ4n) is 10.1. The molecule has 0 rings (SSSR count). The van der Waals surface area contributed by atoms with E-state index in [2.05, 4.69) is 123 Å². The zero-order valence-corrected chi connectivity index (χ0v) is 53.5. The standard InChI is InChI=1S/C76H132O5/c1-3-5-7-9-11-13-15-17-19-21-23-25-27-29-31-33-34-35-36-37-38-39-40-41-42-43-45-47-49-51-53-55-57-59-61-63-65-67-69-71-76(79)81-74(72-77)73-80-75(78)70-68-66-64-62-60-58-56-54-52-50-48-46-44-32-30-28-26-24-22-20-18-16-14-12-10-8-6-4-2/h5,7,11,13,17,19,23,25,29,31,34-35,37-38,40-41,43,45,74,77H,3-4,6,8-10,12,14-16,18,20-22,24,26-28,30,32-33,36,39,42,44,46-73H2,1-2H3/b7-5-,13-11-,19-17-,25-23-,31-29-,35-34-,38-37-,41-40-,45-43-. The lowest BCUT2D eigenvalue weighted by molar-refractivity contribution is -0.161. The van der Waals surface area contributed by atoms with Crippen LogP contribution in [0.1, 0.15) is 341 Å². The van der Waals surface area contributed by atoms with Crippen LogP contribution in [0.25, 0.3) is 0 Å². The van der Waals surface area contributed by atoms with E-state index in [4.69, 9.17) is 9.47 Å². The average molecular weight is 1130 g/mol. The summed E-state index contributed by atoms with van der Waals surface area (Å²) in [7, 11) is 0. The summed E-state index contributed by atoms with van der Waals surface area (Å²) < 4.78 is 10.8. The van der Waals surface area contributed by atoms with Crippen molar-refractivity contribution in [3.8, 4) is 0 Å². The van der Waals surface area contributed by atoms with E-state index in [0.717, 1.165) is 96.3 Å². The van der Waals surface area contributed by atoms with Crippen molar-refractivity contribution < 1.29 is 24.2 Å². The van der Waals surface area contributed by atoms with E-state index in [1.165, 1.54) is 218 Å². The van der Waals surface area contributed by atoms with Crippen molar-refractivity contribution in [1.29, 1.82) is 0 Å². The molecule has 0 aromatic carbocycles. The van der Waals surface area contributed by atoms with Crippen molar-refractivity contribution >= 4 is 11.9 Å². The first-order valence-corrected chi connectivity index (χ1v) is 34.9. The molecule has 0 aliphatic heterocycles. The Hall–Kier alpha value is -3.44. The first kappa shape index (κ1) is 77.6. The highest BCUT2D eigenvalue weighted by Gasteiger charge is 2.16. The number of carbonyl (C=O) groups excluding carboxylic acids is 2. The number of rotatable bonds is 64. The molecular weight excluding hydrogens is 993 g/mol. The number of hydrogen-bond donors (Lipinski definition) is 1. The van der Waals surface area contributed by atoms with Crippen LogP contribution >= 0.6 is 0 Å². The average Bonchev–Trinajstić information content (AvgIpc) is 3.47. The van der Waals surface area contributed by atoms with Gasteiger partial charge < -0.3 is 14.6 Å². The van der Waals surface area contributed by atoms with Crippen molar-refractivity contribution in [3.63, 3.8) is 0 Å². The van der Waals surface area contributed by atoms with Gasteiger partial charge in [0.1, 0.15) is 6.61 Å². The summed E-state index contributed by atoms with van der Waals surface area (Å²) in [4.78, 5) is 24.7. The quantitative estimate of drug-likeness (QED) is 0.0373. The summed E-state index contributed by atoms with van der Waals surface area (Å²) in [5, 5.41) is 9.70. The van der Waals surface area contributed by atoms with Gasteiger partial charge in [-0.25, -0.2) is 0 Å². The van der Waals surface area contributed by atoms with E-state index in [9.17, 15) is 14.7 Å². The van der Waals surface area contributed by atoms with Gasteiger partial charge in [0.2, 0.25) is 0 Å². The van der Waals surface area contributed by atoms with Gasteiger partial charge in [0.25, 0.3) is 0 Å². The Bertz CT molecular complexity index is 1560. The Morgan fingerprint density at radius 1 is 0.296 bits per heavy atom. The molecule has 0 aromatic heterocycles. The Kier molecular flexibility index (Phi) is 67.8. The van der Waals surface area contributed by atoms with E-state index in [1.807, 2.05) is 0 Å². The first-order valence-electron chi connectivity index (χ1n) is 34.9. The van der Waals surface area contributed by atoms with Crippen LogP contribution in [-0.2, 0) is 19.1 Å². The van der Waals surface area contributed by atoms with Crippen molar-refractivity contribution in [2.24, 2.45) is 0 Å². The van der Waals surface area contributed by atoms with Crippen LogP contribution in [0.3, 0.4) is 0 Å². The van der Waals surface area contributed by atoms with Gasteiger partial charge in [-0.3, -0.25) is 9.59 Å². The van der Waals surface area contributed by atoms with E-state index >= 15 is 0 Å². The van der Waals surface area contributed by atoms with Crippen LogP contribution in [0.5, 0.6) is 0 Å². The number of aliphatic hydroxyl groups excluding tert-OH is 1. The topological polar surface area (TPSA) is 72.8 Å². The Morgan fingerprint density at radius 2 is 0.531 bits per heavy atom. The fraction of sp³-hybridized carbons (Fsp3) is 0.737. The van der Waals surface area contributed by atoms with Gasteiger partial charge in [-0.15, -0.1) is 0 Å². The van der Waals surface area contributed by atoms with Crippen molar-refractivity contribution in [2.75, 3.05) is 13.2 Å². The van der Waals surface area contributed by atoms with Crippen LogP contribution in [0.4, 0.5) is 0 Å². The highest BCUT2D eigenvalue weighted by atomic mass is 16.6. The lowest BCUT2D eigenvalue weighted by atomic mass is 10.0. The van der Waals surface area contributed by atoms with Crippen LogP contribution in [0.15, 0.2) is 109 Å². The molecule has 1 unspecified atom stereocenters. The Morgan fingerprint density at radius 3 is 0.802 bits per heavy atom. The van der Waals surface area contributed by atoms with E-state index in [1.54, 1.807) is 0 Å². The number of allylic oxidation sites excluding steroid dienone is 18. The SMILES string of the molecule is CC/C=C\C/C=C\C/C=C\C/C=C\C/C=C\C/C=C\C/C=C\C/C=C\C/C=C\CCCCCCCCCCCCCC(=O)OC(CO)COC(=O)CCCCCCCCCCCCCCCCCCCCCCCCCCCCCC. The third-order valence-corrected chi connectivity index (χ3v) is 15.3. The maximum Gasteiger partial charge on any atom is 0.306 e. The summed E-state index contributed by atoms with van der Waals surface area (Å²) in [5.74, 6) is -0.583. The van der Waals surface area contributed by atoms with Crippen LogP contribution < -0.4 is 0 Å². The monoisotopic (exact) mass is 1130 g/mol. The van der Waals surface area contributed by atoms with Crippen LogP contribution in [-0.4, -0.2) is 36.4 Å². The molecule has 81 heavy (non-hydrogen) atoms. The molecule has 0 saturated heterocycles. The zero-order chi connectivity index (χ0) is 58.4. The molecule has 0 fully saturated rings. The van der Waals surface area contributed by atoms with Crippen molar-refractivity contribution in [3.05, 3.63) is 109 Å². The summed E-state index contributed by atoms with van der Waals surface area (Å²) in [6, 6.07) is 0. The van der Waals surface area contributed by atoms with Crippen LogP contribution in [0, 0.1) is 0 Å². The minimum Gasteiger partial charge on any atom is -0.462 e. The molecule has 0 radical (unpaired) electrons. The maximum absolute atomic E-state index is 12.4.